The summed E-state index contributed by atoms with van der Waals surface area (Å²) >= 11 is 1.65. The van der Waals surface area contributed by atoms with Crippen molar-refractivity contribution in [2.75, 3.05) is 0 Å². The fraction of sp³-hybridized carbons (Fsp3) is 0.190. The Hall–Kier alpha value is -2.39. The number of hydrogen-bond donors (Lipinski definition) is 0. The average molecular weight is 333 g/mol. The molecule has 0 amide bonds. The van der Waals surface area contributed by atoms with E-state index in [1.807, 2.05) is 29.6 Å². The second kappa shape index (κ2) is 5.60. The van der Waals surface area contributed by atoms with Crippen molar-refractivity contribution in [2.24, 2.45) is 0 Å². The molecule has 0 aliphatic carbocycles. The Bertz CT molecular complexity index is 976. The van der Waals surface area contributed by atoms with E-state index in [0.29, 0.717) is 5.89 Å². The molecule has 2 aromatic heterocycles. The third kappa shape index (κ3) is 2.55. The molecule has 0 N–H and O–H groups in total. The lowest BCUT2D eigenvalue weighted by molar-refractivity contribution is 0.591. The predicted octanol–water partition coefficient (Wildman–Crippen LogP) is 6.52. The zero-order valence-electron chi connectivity index (χ0n) is 14.0. The number of nitrogens with zero attached hydrogens (tertiary/aromatic N) is 1. The van der Waals surface area contributed by atoms with Crippen LogP contribution in [-0.2, 0) is 5.41 Å². The van der Waals surface area contributed by atoms with Crippen molar-refractivity contribution >= 4 is 22.4 Å². The van der Waals surface area contributed by atoms with Crippen LogP contribution >= 0.6 is 11.3 Å². The van der Waals surface area contributed by atoms with E-state index in [2.05, 4.69) is 51.1 Å². The van der Waals surface area contributed by atoms with Crippen LogP contribution in [0.15, 0.2) is 64.4 Å². The van der Waals surface area contributed by atoms with Crippen molar-refractivity contribution in [3.63, 3.8) is 0 Å². The second-order valence-electron chi connectivity index (χ2n) is 6.95. The first-order valence-corrected chi connectivity index (χ1v) is 8.95. The molecule has 0 atom stereocenters. The normalized spacial score (nSPS) is 12.0. The van der Waals surface area contributed by atoms with Crippen molar-refractivity contribution in [3.8, 4) is 21.9 Å². The van der Waals surface area contributed by atoms with Gasteiger partial charge >= 0.3 is 0 Å². The zero-order valence-corrected chi connectivity index (χ0v) is 14.9. The van der Waals surface area contributed by atoms with Gasteiger partial charge in [-0.3, -0.25) is 0 Å². The average Bonchev–Trinajstić information content (AvgIpc) is 3.22. The van der Waals surface area contributed by atoms with Gasteiger partial charge in [0.2, 0.25) is 5.89 Å². The smallest absolute Gasteiger partial charge is 0.237 e. The lowest BCUT2D eigenvalue weighted by Crippen LogP contribution is -2.13. The van der Waals surface area contributed by atoms with Crippen molar-refractivity contribution in [1.29, 1.82) is 0 Å². The van der Waals surface area contributed by atoms with Crippen LogP contribution in [0.1, 0.15) is 26.3 Å². The zero-order chi connectivity index (χ0) is 16.7. The summed E-state index contributed by atoms with van der Waals surface area (Å²) in [6.07, 6.45) is 0. The van der Waals surface area contributed by atoms with Crippen LogP contribution in [0.5, 0.6) is 0 Å². The first-order chi connectivity index (χ1) is 11.5. The van der Waals surface area contributed by atoms with Gasteiger partial charge in [-0.1, -0.05) is 63.2 Å². The molecular formula is C21H19NOS. The molecule has 0 unspecified atom stereocenters. The SMILES string of the molecule is CC(C)(C)c1ccc2oc(-c3cccs3)nc2c1-c1ccccc1. The minimum atomic E-state index is 0.0292. The number of hydrogen-bond acceptors (Lipinski definition) is 3. The Morgan fingerprint density at radius 2 is 1.71 bits per heavy atom. The van der Waals surface area contributed by atoms with E-state index in [4.69, 9.17) is 9.40 Å². The fourth-order valence-corrected chi connectivity index (χ4v) is 3.67. The minimum absolute atomic E-state index is 0.0292. The lowest BCUT2D eigenvalue weighted by Gasteiger charge is -2.23. The van der Waals surface area contributed by atoms with Gasteiger partial charge in [0.15, 0.2) is 5.58 Å². The summed E-state index contributed by atoms with van der Waals surface area (Å²) in [6.45, 7) is 6.71. The van der Waals surface area contributed by atoms with Gasteiger partial charge in [-0.15, -0.1) is 11.3 Å². The number of aromatic nitrogens is 1. The number of rotatable bonds is 2. The first kappa shape index (κ1) is 15.2. The number of fused-ring (bicyclic) bond motifs is 1. The molecule has 0 saturated carbocycles. The highest BCUT2D eigenvalue weighted by atomic mass is 32.1. The predicted molar refractivity (Wildman–Crippen MR) is 101 cm³/mol. The van der Waals surface area contributed by atoms with Gasteiger partial charge in [-0.05, 0) is 34.1 Å². The van der Waals surface area contributed by atoms with Crippen LogP contribution in [0.4, 0.5) is 0 Å². The standard InChI is InChI=1S/C21H19NOS/c1-21(2,3)15-11-12-16-19(18(15)14-8-5-4-6-9-14)22-20(23-16)17-10-7-13-24-17/h4-13H,1-3H3. The molecule has 0 spiro atoms. The molecule has 2 nitrogen and oxygen atoms in total. The van der Waals surface area contributed by atoms with E-state index in [-0.39, 0.29) is 5.41 Å². The summed E-state index contributed by atoms with van der Waals surface area (Å²) in [5, 5.41) is 2.04. The maximum atomic E-state index is 6.04. The fourth-order valence-electron chi connectivity index (χ4n) is 3.02. The monoisotopic (exact) mass is 333 g/mol. The molecule has 0 saturated heterocycles. The van der Waals surface area contributed by atoms with Crippen LogP contribution in [0.3, 0.4) is 0 Å². The van der Waals surface area contributed by atoms with E-state index in [0.717, 1.165) is 16.0 Å². The minimum Gasteiger partial charge on any atom is -0.435 e. The third-order valence-corrected chi connectivity index (χ3v) is 5.02. The molecule has 0 aliphatic heterocycles. The maximum Gasteiger partial charge on any atom is 0.237 e. The summed E-state index contributed by atoms with van der Waals surface area (Å²) in [5.41, 5.74) is 5.45. The quantitative estimate of drug-likeness (QED) is 0.417. The largest absolute Gasteiger partial charge is 0.435 e. The summed E-state index contributed by atoms with van der Waals surface area (Å²) < 4.78 is 6.04. The highest BCUT2D eigenvalue weighted by Gasteiger charge is 2.23. The summed E-state index contributed by atoms with van der Waals surface area (Å²) in [6, 6.07) is 18.8. The maximum absolute atomic E-state index is 6.04. The van der Waals surface area contributed by atoms with Gasteiger partial charge in [0.25, 0.3) is 0 Å². The molecule has 24 heavy (non-hydrogen) atoms. The molecule has 0 bridgehead atoms. The Morgan fingerprint density at radius 1 is 0.917 bits per heavy atom. The van der Waals surface area contributed by atoms with E-state index in [9.17, 15) is 0 Å². The molecule has 4 rings (SSSR count). The van der Waals surface area contributed by atoms with Crippen LogP contribution in [-0.4, -0.2) is 4.98 Å². The third-order valence-electron chi connectivity index (χ3n) is 4.16. The summed E-state index contributed by atoms with van der Waals surface area (Å²) in [5.74, 6) is 0.697. The van der Waals surface area contributed by atoms with Crippen molar-refractivity contribution in [2.45, 2.75) is 26.2 Å². The van der Waals surface area contributed by atoms with Crippen molar-refractivity contribution in [1.82, 2.24) is 4.98 Å². The van der Waals surface area contributed by atoms with Crippen molar-refractivity contribution in [3.05, 3.63) is 65.5 Å². The molecule has 120 valence electrons. The Morgan fingerprint density at radius 3 is 2.38 bits per heavy atom. The van der Waals surface area contributed by atoms with Crippen LogP contribution in [0.2, 0.25) is 0 Å². The number of thiophene rings is 1. The Labute approximate surface area is 145 Å². The Kier molecular flexibility index (Phi) is 3.54. The Balaban J connectivity index is 2.04. The van der Waals surface area contributed by atoms with E-state index in [1.165, 1.54) is 16.7 Å². The van der Waals surface area contributed by atoms with E-state index >= 15 is 0 Å². The molecule has 0 fully saturated rings. The van der Waals surface area contributed by atoms with Gasteiger partial charge in [0, 0.05) is 5.56 Å². The molecule has 0 aliphatic rings. The van der Waals surface area contributed by atoms with E-state index in [1.54, 1.807) is 11.3 Å². The molecule has 2 aromatic carbocycles. The molecule has 3 heteroatoms. The van der Waals surface area contributed by atoms with E-state index < -0.39 is 0 Å². The molecule has 0 radical (unpaired) electrons. The van der Waals surface area contributed by atoms with Gasteiger partial charge in [-0.2, -0.15) is 0 Å². The summed E-state index contributed by atoms with van der Waals surface area (Å²) in [4.78, 5) is 5.91. The highest BCUT2D eigenvalue weighted by Crippen LogP contribution is 2.39. The molecule has 4 aromatic rings. The lowest BCUT2D eigenvalue weighted by atomic mass is 9.81. The van der Waals surface area contributed by atoms with Gasteiger partial charge in [0.1, 0.15) is 5.52 Å². The molecule has 2 heterocycles. The van der Waals surface area contributed by atoms with Gasteiger partial charge < -0.3 is 4.42 Å². The van der Waals surface area contributed by atoms with Crippen molar-refractivity contribution < 1.29 is 4.42 Å². The van der Waals surface area contributed by atoms with Crippen LogP contribution in [0.25, 0.3) is 33.0 Å². The van der Waals surface area contributed by atoms with Crippen LogP contribution < -0.4 is 0 Å². The highest BCUT2D eigenvalue weighted by molar-refractivity contribution is 7.13. The van der Waals surface area contributed by atoms with Gasteiger partial charge in [-0.25, -0.2) is 4.98 Å². The summed E-state index contributed by atoms with van der Waals surface area (Å²) in [7, 11) is 0. The number of benzene rings is 2. The van der Waals surface area contributed by atoms with Crippen LogP contribution in [0, 0.1) is 0 Å². The first-order valence-electron chi connectivity index (χ1n) is 8.07. The topological polar surface area (TPSA) is 26.0 Å². The number of oxazole rings is 1. The molecular weight excluding hydrogens is 314 g/mol. The van der Waals surface area contributed by atoms with Gasteiger partial charge in [0.05, 0.1) is 4.88 Å². The second-order valence-corrected chi connectivity index (χ2v) is 7.89.